The van der Waals surface area contributed by atoms with E-state index in [2.05, 4.69) is 33.0 Å². The number of benzene rings is 1. The van der Waals surface area contributed by atoms with E-state index in [0.29, 0.717) is 0 Å². The molecular formula is C13H14BrN. The summed E-state index contributed by atoms with van der Waals surface area (Å²) in [6.07, 6.45) is 0. The molecule has 2 aromatic rings. The minimum atomic E-state index is 0.869. The van der Waals surface area contributed by atoms with Crippen LogP contribution in [0.3, 0.4) is 0 Å². The van der Waals surface area contributed by atoms with E-state index in [1.165, 1.54) is 0 Å². The number of aromatic nitrogens is 1. The smallest absolute Gasteiger partial charge is 0.106 e. The highest BCUT2D eigenvalue weighted by atomic mass is 79.9. The molecule has 0 aliphatic rings. The summed E-state index contributed by atoms with van der Waals surface area (Å²) in [5, 5.41) is 0. The summed E-state index contributed by atoms with van der Waals surface area (Å²) in [6, 6.07) is 16.0. The molecule has 0 amide bonds. The Morgan fingerprint density at radius 2 is 1.53 bits per heavy atom. The second kappa shape index (κ2) is 6.36. The Labute approximate surface area is 99.3 Å². The molecule has 2 rings (SSSR count). The molecule has 0 aliphatic carbocycles. The van der Waals surface area contributed by atoms with Crippen LogP contribution in [0.25, 0.3) is 11.3 Å². The Bertz CT molecular complexity index is 398. The zero-order valence-corrected chi connectivity index (χ0v) is 10.5. The lowest BCUT2D eigenvalue weighted by atomic mass is 10.1. The Morgan fingerprint density at radius 3 is 2.13 bits per heavy atom. The molecule has 0 bridgehead atoms. The molecule has 1 nitrogen and oxygen atoms in total. The largest absolute Gasteiger partial charge is 0.241 e. The van der Waals surface area contributed by atoms with Crippen LogP contribution in [0.2, 0.25) is 0 Å². The first-order valence-electron chi connectivity index (χ1n) is 5.04. The lowest BCUT2D eigenvalue weighted by molar-refractivity contribution is 1.28. The first-order valence-corrected chi connectivity index (χ1v) is 5.83. The minimum absolute atomic E-state index is 0.869. The maximum Gasteiger partial charge on any atom is 0.106 e. The van der Waals surface area contributed by atoms with Gasteiger partial charge in [-0.15, -0.1) is 0 Å². The molecule has 0 aliphatic heterocycles. The summed E-state index contributed by atoms with van der Waals surface area (Å²) in [4.78, 5) is 4.36. The van der Waals surface area contributed by atoms with Gasteiger partial charge in [0.25, 0.3) is 0 Å². The van der Waals surface area contributed by atoms with E-state index in [-0.39, 0.29) is 0 Å². The Morgan fingerprint density at radius 1 is 0.867 bits per heavy atom. The number of hydrogen-bond acceptors (Lipinski definition) is 1. The Balaban J connectivity index is 0.000000531. The summed E-state index contributed by atoms with van der Waals surface area (Å²) in [5.74, 6) is 0. The summed E-state index contributed by atoms with van der Waals surface area (Å²) in [6.45, 7) is 4.00. The summed E-state index contributed by atoms with van der Waals surface area (Å²) < 4.78 is 0.869. The fourth-order valence-corrected chi connectivity index (χ4v) is 1.52. The van der Waals surface area contributed by atoms with E-state index in [9.17, 15) is 0 Å². The minimum Gasteiger partial charge on any atom is -0.241 e. The molecule has 1 aromatic carbocycles. The zero-order chi connectivity index (χ0) is 11.1. The molecule has 0 radical (unpaired) electrons. The van der Waals surface area contributed by atoms with Crippen molar-refractivity contribution in [1.82, 2.24) is 4.98 Å². The normalized spacial score (nSPS) is 9.00. The Hall–Kier alpha value is -1.15. The molecule has 0 saturated carbocycles. The second-order valence-electron chi connectivity index (χ2n) is 2.71. The van der Waals surface area contributed by atoms with Crippen LogP contribution in [0.4, 0.5) is 0 Å². The molecule has 0 N–H and O–H groups in total. The molecular weight excluding hydrogens is 250 g/mol. The second-order valence-corrected chi connectivity index (χ2v) is 3.52. The summed E-state index contributed by atoms with van der Waals surface area (Å²) in [7, 11) is 0. The lowest BCUT2D eigenvalue weighted by Gasteiger charge is -1.99. The number of pyridine rings is 1. The van der Waals surface area contributed by atoms with Crippen molar-refractivity contribution >= 4 is 15.9 Å². The highest BCUT2D eigenvalue weighted by Crippen LogP contribution is 2.18. The van der Waals surface area contributed by atoms with Crippen molar-refractivity contribution < 1.29 is 0 Å². The first-order chi connectivity index (χ1) is 7.36. The number of nitrogens with zero attached hydrogens (tertiary/aromatic N) is 1. The van der Waals surface area contributed by atoms with Gasteiger partial charge in [-0.1, -0.05) is 50.2 Å². The van der Waals surface area contributed by atoms with Gasteiger partial charge in [0.05, 0.1) is 5.69 Å². The maximum atomic E-state index is 4.36. The van der Waals surface area contributed by atoms with Crippen LogP contribution < -0.4 is 0 Å². The standard InChI is InChI=1S/C11H8BrN.C2H6/c12-11-8-4-7-10(13-11)9-5-2-1-3-6-9;1-2/h1-8H;1-2H3. The summed E-state index contributed by atoms with van der Waals surface area (Å²) >= 11 is 3.35. The topological polar surface area (TPSA) is 12.9 Å². The predicted molar refractivity (Wildman–Crippen MR) is 68.7 cm³/mol. The number of halogens is 1. The molecule has 0 saturated heterocycles. The monoisotopic (exact) mass is 263 g/mol. The van der Waals surface area contributed by atoms with E-state index in [1.54, 1.807) is 0 Å². The quantitative estimate of drug-likeness (QED) is 0.689. The maximum absolute atomic E-state index is 4.36. The van der Waals surface area contributed by atoms with Crippen molar-refractivity contribution in [1.29, 1.82) is 0 Å². The molecule has 2 heteroatoms. The van der Waals surface area contributed by atoms with Gasteiger partial charge in [-0.25, -0.2) is 4.98 Å². The van der Waals surface area contributed by atoms with Gasteiger partial charge in [0, 0.05) is 5.56 Å². The van der Waals surface area contributed by atoms with E-state index >= 15 is 0 Å². The van der Waals surface area contributed by atoms with Gasteiger partial charge in [0.2, 0.25) is 0 Å². The van der Waals surface area contributed by atoms with Crippen LogP contribution in [-0.4, -0.2) is 4.98 Å². The van der Waals surface area contributed by atoms with E-state index in [0.717, 1.165) is 15.9 Å². The van der Waals surface area contributed by atoms with Gasteiger partial charge < -0.3 is 0 Å². The van der Waals surface area contributed by atoms with Gasteiger partial charge in [-0.05, 0) is 28.1 Å². The molecule has 1 aromatic heterocycles. The summed E-state index contributed by atoms with van der Waals surface area (Å²) in [5.41, 5.74) is 2.14. The highest BCUT2D eigenvalue weighted by molar-refractivity contribution is 9.10. The van der Waals surface area contributed by atoms with E-state index in [1.807, 2.05) is 50.2 Å². The average molecular weight is 264 g/mol. The third-order valence-corrected chi connectivity index (χ3v) is 2.23. The van der Waals surface area contributed by atoms with Gasteiger partial charge in [-0.3, -0.25) is 0 Å². The predicted octanol–water partition coefficient (Wildman–Crippen LogP) is 4.54. The van der Waals surface area contributed by atoms with Crippen LogP contribution in [-0.2, 0) is 0 Å². The lowest BCUT2D eigenvalue weighted by Crippen LogP contribution is -1.82. The van der Waals surface area contributed by atoms with Gasteiger partial charge in [0.1, 0.15) is 4.60 Å². The van der Waals surface area contributed by atoms with Crippen LogP contribution >= 0.6 is 15.9 Å². The fraction of sp³-hybridized carbons (Fsp3) is 0.154. The Kier molecular flexibility index (Phi) is 5.05. The van der Waals surface area contributed by atoms with Crippen molar-refractivity contribution in [3.05, 3.63) is 53.1 Å². The molecule has 0 spiro atoms. The van der Waals surface area contributed by atoms with Crippen molar-refractivity contribution in [3.8, 4) is 11.3 Å². The van der Waals surface area contributed by atoms with Crippen molar-refractivity contribution in [2.75, 3.05) is 0 Å². The average Bonchev–Trinajstić information content (AvgIpc) is 2.33. The van der Waals surface area contributed by atoms with E-state index in [4.69, 9.17) is 0 Å². The van der Waals surface area contributed by atoms with Gasteiger partial charge in [0.15, 0.2) is 0 Å². The molecule has 0 atom stereocenters. The van der Waals surface area contributed by atoms with Crippen LogP contribution in [0.1, 0.15) is 13.8 Å². The van der Waals surface area contributed by atoms with Crippen LogP contribution in [0, 0.1) is 0 Å². The highest BCUT2D eigenvalue weighted by Gasteiger charge is 1.97. The van der Waals surface area contributed by atoms with Gasteiger partial charge >= 0.3 is 0 Å². The van der Waals surface area contributed by atoms with Crippen molar-refractivity contribution in [2.45, 2.75) is 13.8 Å². The molecule has 78 valence electrons. The molecule has 0 unspecified atom stereocenters. The third-order valence-electron chi connectivity index (χ3n) is 1.78. The zero-order valence-electron chi connectivity index (χ0n) is 8.94. The fourth-order valence-electron chi connectivity index (χ4n) is 1.18. The van der Waals surface area contributed by atoms with E-state index < -0.39 is 0 Å². The third kappa shape index (κ3) is 3.48. The molecule has 0 fully saturated rings. The van der Waals surface area contributed by atoms with Crippen LogP contribution in [0.15, 0.2) is 53.1 Å². The van der Waals surface area contributed by atoms with Gasteiger partial charge in [-0.2, -0.15) is 0 Å². The van der Waals surface area contributed by atoms with Crippen molar-refractivity contribution in [3.63, 3.8) is 0 Å². The number of rotatable bonds is 1. The first kappa shape index (κ1) is 11.9. The van der Waals surface area contributed by atoms with Crippen LogP contribution in [0.5, 0.6) is 0 Å². The molecule has 15 heavy (non-hydrogen) atoms. The number of hydrogen-bond donors (Lipinski definition) is 0. The SMILES string of the molecule is Brc1cccc(-c2ccccc2)n1.CC. The van der Waals surface area contributed by atoms with Crippen molar-refractivity contribution in [2.24, 2.45) is 0 Å². The molecule has 1 heterocycles.